The largest absolute Gasteiger partial charge is 0.487 e. The summed E-state index contributed by atoms with van der Waals surface area (Å²) in [6.07, 6.45) is -1.44. The molecule has 0 bridgehead atoms. The molecule has 2 saturated carbocycles. The van der Waals surface area contributed by atoms with E-state index < -0.39 is 30.2 Å². The van der Waals surface area contributed by atoms with Crippen LogP contribution in [0, 0.1) is 17.7 Å². The van der Waals surface area contributed by atoms with Crippen molar-refractivity contribution in [3.05, 3.63) is 119 Å². The maximum absolute atomic E-state index is 14.5. The highest BCUT2D eigenvalue weighted by Crippen LogP contribution is 2.48. The topological polar surface area (TPSA) is 106 Å². The fourth-order valence-corrected chi connectivity index (χ4v) is 5.44. The van der Waals surface area contributed by atoms with Gasteiger partial charge in [0.1, 0.15) is 42.8 Å². The van der Waals surface area contributed by atoms with E-state index in [1.807, 2.05) is 30.3 Å². The molecule has 2 aliphatic carbocycles. The quantitative estimate of drug-likeness (QED) is 0.110. The van der Waals surface area contributed by atoms with E-state index in [1.165, 1.54) is 30.6 Å². The normalized spacial score (nSPS) is 18.7. The van der Waals surface area contributed by atoms with Gasteiger partial charge in [-0.25, -0.2) is 4.39 Å². The molecule has 2 aromatic carbocycles. The Balaban J connectivity index is 0.959. The summed E-state index contributed by atoms with van der Waals surface area (Å²) in [5, 5.41) is 15.5. The van der Waals surface area contributed by atoms with Gasteiger partial charge < -0.3 is 19.9 Å². The van der Waals surface area contributed by atoms with Gasteiger partial charge >= 0.3 is 6.18 Å². The number of hydrogen-bond acceptors (Lipinski definition) is 7. The number of carbonyl (C=O) groups is 1. The third-order valence-electron chi connectivity index (χ3n) is 8.32. The second-order valence-corrected chi connectivity index (χ2v) is 12.0. The zero-order valence-electron chi connectivity index (χ0n) is 25.3. The molecule has 0 spiro atoms. The van der Waals surface area contributed by atoms with Crippen LogP contribution in [0.5, 0.6) is 11.5 Å². The van der Waals surface area contributed by atoms with E-state index in [0.29, 0.717) is 42.1 Å². The van der Waals surface area contributed by atoms with E-state index in [4.69, 9.17) is 9.47 Å². The first-order valence-corrected chi connectivity index (χ1v) is 15.4. The van der Waals surface area contributed by atoms with Crippen molar-refractivity contribution in [3.8, 4) is 11.5 Å². The molecule has 2 aliphatic rings. The van der Waals surface area contributed by atoms with Crippen molar-refractivity contribution >= 4 is 5.91 Å². The van der Waals surface area contributed by atoms with Gasteiger partial charge in [0.25, 0.3) is 5.91 Å². The number of hydrogen-bond donors (Lipinski definition) is 3. The lowest BCUT2D eigenvalue weighted by atomic mass is 10.1. The van der Waals surface area contributed by atoms with Crippen molar-refractivity contribution in [2.75, 3.05) is 6.54 Å². The molecule has 0 radical (unpaired) electrons. The van der Waals surface area contributed by atoms with Crippen molar-refractivity contribution < 1.29 is 36.9 Å². The summed E-state index contributed by atoms with van der Waals surface area (Å²) in [6.45, 7) is 0.709. The monoisotopic (exact) mass is 650 g/mol. The lowest BCUT2D eigenvalue weighted by molar-refractivity contribution is -0.168. The number of nitrogens with zero attached hydrogens (tertiary/aromatic N) is 2. The lowest BCUT2D eigenvalue weighted by Crippen LogP contribution is -2.45. The fraction of sp³-hybridized carbons (Fsp3) is 0.343. The van der Waals surface area contributed by atoms with E-state index in [2.05, 4.69) is 20.6 Å². The third kappa shape index (κ3) is 8.83. The highest BCUT2D eigenvalue weighted by molar-refractivity contribution is 5.93. The molecule has 4 atom stereocenters. The van der Waals surface area contributed by atoms with Crippen LogP contribution in [-0.4, -0.2) is 39.7 Å². The van der Waals surface area contributed by atoms with Gasteiger partial charge in [0, 0.05) is 30.6 Å². The number of ether oxygens (including phenoxy) is 2. The molecule has 6 rings (SSSR count). The van der Waals surface area contributed by atoms with Crippen LogP contribution in [0.4, 0.5) is 17.6 Å². The number of para-hydroxylation sites is 1. The number of aliphatic hydroxyl groups is 1. The highest BCUT2D eigenvalue weighted by atomic mass is 19.4. The number of benzene rings is 2. The Hall–Kier alpha value is -4.55. The first-order valence-electron chi connectivity index (χ1n) is 15.4. The van der Waals surface area contributed by atoms with Crippen LogP contribution < -0.4 is 20.1 Å². The Morgan fingerprint density at radius 1 is 0.915 bits per heavy atom. The molecule has 3 unspecified atom stereocenters. The predicted molar refractivity (Wildman–Crippen MR) is 164 cm³/mol. The molecule has 2 heterocycles. The molecule has 246 valence electrons. The molecule has 2 aromatic heterocycles. The smallest absolute Gasteiger partial charge is 0.404 e. The number of pyridine rings is 2. The van der Waals surface area contributed by atoms with Crippen LogP contribution in [0.3, 0.4) is 0 Å². The van der Waals surface area contributed by atoms with E-state index in [0.717, 1.165) is 17.7 Å². The fourth-order valence-electron chi connectivity index (χ4n) is 5.44. The van der Waals surface area contributed by atoms with Crippen molar-refractivity contribution in [2.24, 2.45) is 11.8 Å². The molecule has 4 aromatic rings. The number of amides is 1. The van der Waals surface area contributed by atoms with Gasteiger partial charge in [-0.2, -0.15) is 13.2 Å². The van der Waals surface area contributed by atoms with Crippen molar-refractivity contribution in [3.63, 3.8) is 0 Å². The summed E-state index contributed by atoms with van der Waals surface area (Å²) in [5.74, 6) is 0.0193. The standard InChI is InChI=1S/C35H34F4N4O4/c36-26-12-24(31-14-25(31)18-42-33(44)22-8-10-27(40-16-22)19-46-29-4-2-1-3-5-29)13-30(15-26)47-20-28-11-9-23(17-41-28)34(45)43-32(21-6-7-21)35(37,38)39/h1-5,8-13,15-17,21,25,31-32,34,43,45H,6-7,14,18-20H2,(H,42,44)/t25?,31?,32-,34?/m1/s1. The van der Waals surface area contributed by atoms with E-state index in [9.17, 15) is 27.5 Å². The van der Waals surface area contributed by atoms with E-state index >= 15 is 0 Å². The highest BCUT2D eigenvalue weighted by Gasteiger charge is 2.49. The molecule has 47 heavy (non-hydrogen) atoms. The van der Waals surface area contributed by atoms with Gasteiger partial charge in [0.15, 0.2) is 0 Å². The van der Waals surface area contributed by atoms with Crippen molar-refractivity contribution in [1.82, 2.24) is 20.6 Å². The SMILES string of the molecule is O=C(NCC1CC1c1cc(F)cc(OCc2ccc(C(O)N[C@H](C3CC3)C(F)(F)F)cn2)c1)c1ccc(COc2ccccc2)nc1. The number of aliphatic hydroxyl groups excluding tert-OH is 1. The molecular weight excluding hydrogens is 616 g/mol. The zero-order chi connectivity index (χ0) is 33.0. The molecule has 1 amide bonds. The summed E-state index contributed by atoms with van der Waals surface area (Å²) >= 11 is 0. The number of carbonyl (C=O) groups excluding carboxylic acids is 1. The molecule has 0 aliphatic heterocycles. The van der Waals surface area contributed by atoms with Crippen molar-refractivity contribution in [1.29, 1.82) is 0 Å². The zero-order valence-corrected chi connectivity index (χ0v) is 25.3. The second kappa shape index (κ2) is 14.1. The molecule has 0 saturated heterocycles. The first kappa shape index (κ1) is 32.4. The van der Waals surface area contributed by atoms with Crippen molar-refractivity contribution in [2.45, 2.75) is 56.8 Å². The Kier molecular flexibility index (Phi) is 9.69. The maximum Gasteiger partial charge on any atom is 0.404 e. The van der Waals surface area contributed by atoms with Gasteiger partial charge in [-0.05, 0) is 85.0 Å². The second-order valence-electron chi connectivity index (χ2n) is 12.0. The third-order valence-corrected chi connectivity index (χ3v) is 8.32. The average Bonchev–Trinajstić information content (AvgIpc) is 4.00. The van der Waals surface area contributed by atoms with E-state index in [-0.39, 0.29) is 36.5 Å². The van der Waals surface area contributed by atoms with Crippen LogP contribution >= 0.6 is 0 Å². The van der Waals surface area contributed by atoms with Crippen LogP contribution in [-0.2, 0) is 13.2 Å². The Labute approximate surface area is 269 Å². The molecular formula is C35H34F4N4O4. The van der Waals surface area contributed by atoms with Gasteiger partial charge in [0.2, 0.25) is 0 Å². The summed E-state index contributed by atoms with van der Waals surface area (Å²) in [5.41, 5.74) is 2.55. The number of alkyl halides is 3. The van der Waals surface area contributed by atoms with E-state index in [1.54, 1.807) is 24.3 Å². The first-order chi connectivity index (χ1) is 22.6. The number of halogens is 4. The minimum absolute atomic E-state index is 0.00466. The Morgan fingerprint density at radius 2 is 1.62 bits per heavy atom. The minimum atomic E-state index is -4.45. The minimum Gasteiger partial charge on any atom is -0.487 e. The molecule has 12 heteroatoms. The van der Waals surface area contributed by atoms with Crippen LogP contribution in [0.15, 0.2) is 85.2 Å². The summed E-state index contributed by atoms with van der Waals surface area (Å²) < 4.78 is 65.8. The average molecular weight is 651 g/mol. The Bertz CT molecular complexity index is 1650. The molecule has 2 fully saturated rings. The summed E-state index contributed by atoms with van der Waals surface area (Å²) in [7, 11) is 0. The van der Waals surface area contributed by atoms with Gasteiger partial charge in [-0.15, -0.1) is 0 Å². The maximum atomic E-state index is 14.5. The summed E-state index contributed by atoms with van der Waals surface area (Å²) in [4.78, 5) is 21.2. The predicted octanol–water partition coefficient (Wildman–Crippen LogP) is 6.23. The van der Waals surface area contributed by atoms with Gasteiger partial charge in [-0.3, -0.25) is 20.1 Å². The molecule has 3 N–H and O–H groups in total. The number of aromatic nitrogens is 2. The molecule has 8 nitrogen and oxygen atoms in total. The van der Waals surface area contributed by atoms with Crippen LogP contribution in [0.25, 0.3) is 0 Å². The Morgan fingerprint density at radius 3 is 2.26 bits per heavy atom. The number of rotatable bonds is 14. The van der Waals surface area contributed by atoms with Gasteiger partial charge in [0.05, 0.1) is 17.0 Å². The lowest BCUT2D eigenvalue weighted by Gasteiger charge is -2.24. The summed E-state index contributed by atoms with van der Waals surface area (Å²) in [6, 6.07) is 18.6. The van der Waals surface area contributed by atoms with Crippen LogP contribution in [0.1, 0.15) is 64.3 Å². The van der Waals surface area contributed by atoms with Gasteiger partial charge in [-0.1, -0.05) is 24.3 Å². The number of nitrogens with one attached hydrogen (secondary N) is 2. The van der Waals surface area contributed by atoms with Crippen LogP contribution in [0.2, 0.25) is 0 Å².